The van der Waals surface area contributed by atoms with Gasteiger partial charge in [-0.2, -0.15) is 0 Å². The SMILES string of the molecule is C=C(C)c1ccc(C)c(OC)c1/C=C/C(=O)OCC. The molecule has 0 amide bonds. The number of benzene rings is 1. The van der Waals surface area contributed by atoms with Crippen molar-refractivity contribution in [1.29, 1.82) is 0 Å². The van der Waals surface area contributed by atoms with Gasteiger partial charge in [0.25, 0.3) is 0 Å². The van der Waals surface area contributed by atoms with Crippen LogP contribution in [-0.2, 0) is 9.53 Å². The topological polar surface area (TPSA) is 35.5 Å². The number of hydrogen-bond acceptors (Lipinski definition) is 3. The number of allylic oxidation sites excluding steroid dienone is 1. The Morgan fingerprint density at radius 1 is 1.42 bits per heavy atom. The molecule has 102 valence electrons. The third kappa shape index (κ3) is 3.71. The second-order valence-corrected chi connectivity index (χ2v) is 4.24. The van der Waals surface area contributed by atoms with Crippen molar-refractivity contribution in [1.82, 2.24) is 0 Å². The molecule has 1 rings (SSSR count). The largest absolute Gasteiger partial charge is 0.496 e. The zero-order valence-corrected chi connectivity index (χ0v) is 11.9. The van der Waals surface area contributed by atoms with Crippen molar-refractivity contribution < 1.29 is 14.3 Å². The van der Waals surface area contributed by atoms with E-state index in [1.54, 1.807) is 20.1 Å². The highest BCUT2D eigenvalue weighted by Crippen LogP contribution is 2.31. The van der Waals surface area contributed by atoms with Gasteiger partial charge >= 0.3 is 5.97 Å². The molecule has 1 aromatic carbocycles. The molecule has 0 unspecified atom stereocenters. The highest BCUT2D eigenvalue weighted by Gasteiger charge is 2.10. The molecule has 0 saturated heterocycles. The molecular weight excluding hydrogens is 240 g/mol. The summed E-state index contributed by atoms with van der Waals surface area (Å²) < 4.78 is 10.3. The monoisotopic (exact) mass is 260 g/mol. The molecule has 0 fully saturated rings. The lowest BCUT2D eigenvalue weighted by molar-refractivity contribution is -0.137. The smallest absolute Gasteiger partial charge is 0.330 e. The summed E-state index contributed by atoms with van der Waals surface area (Å²) in [4.78, 5) is 11.4. The molecule has 3 nitrogen and oxygen atoms in total. The number of carbonyl (C=O) groups excluding carboxylic acids is 1. The van der Waals surface area contributed by atoms with Gasteiger partial charge in [0.2, 0.25) is 0 Å². The first kappa shape index (κ1) is 15.0. The highest BCUT2D eigenvalue weighted by atomic mass is 16.5. The van der Waals surface area contributed by atoms with Crippen LogP contribution >= 0.6 is 0 Å². The maximum Gasteiger partial charge on any atom is 0.330 e. The number of esters is 1. The Bertz CT molecular complexity index is 513. The molecule has 0 aliphatic heterocycles. The third-order valence-electron chi connectivity index (χ3n) is 2.73. The van der Waals surface area contributed by atoms with Crippen LogP contribution in [0.25, 0.3) is 11.6 Å². The standard InChI is InChI=1S/C16H20O3/c1-6-19-15(17)10-9-14-13(11(2)3)8-7-12(4)16(14)18-5/h7-10H,2,6H2,1,3-5H3/b10-9+. The summed E-state index contributed by atoms with van der Waals surface area (Å²) in [6.07, 6.45) is 3.13. The Labute approximate surface area is 114 Å². The molecule has 0 aromatic heterocycles. The number of hydrogen-bond donors (Lipinski definition) is 0. The number of carbonyl (C=O) groups is 1. The lowest BCUT2D eigenvalue weighted by atomic mass is 9.98. The zero-order chi connectivity index (χ0) is 14.4. The minimum absolute atomic E-state index is 0.362. The Morgan fingerprint density at radius 3 is 2.63 bits per heavy atom. The summed E-state index contributed by atoms with van der Waals surface area (Å²) in [7, 11) is 1.62. The van der Waals surface area contributed by atoms with Crippen LogP contribution in [0.4, 0.5) is 0 Å². The average Bonchev–Trinajstić information content (AvgIpc) is 2.36. The van der Waals surface area contributed by atoms with E-state index in [2.05, 4.69) is 6.58 Å². The average molecular weight is 260 g/mol. The first-order chi connectivity index (χ1) is 9.01. The van der Waals surface area contributed by atoms with E-state index in [4.69, 9.17) is 9.47 Å². The van der Waals surface area contributed by atoms with Crippen LogP contribution in [0, 0.1) is 6.92 Å². The van der Waals surface area contributed by atoms with Crippen molar-refractivity contribution in [3.63, 3.8) is 0 Å². The summed E-state index contributed by atoms with van der Waals surface area (Å²) in [6.45, 7) is 9.97. The number of rotatable bonds is 5. The predicted molar refractivity (Wildman–Crippen MR) is 78.1 cm³/mol. The number of methoxy groups -OCH3 is 1. The van der Waals surface area contributed by atoms with Gasteiger partial charge in [0, 0.05) is 11.6 Å². The van der Waals surface area contributed by atoms with Crippen LogP contribution in [-0.4, -0.2) is 19.7 Å². The van der Waals surface area contributed by atoms with Crippen molar-refractivity contribution in [2.24, 2.45) is 0 Å². The summed E-state index contributed by atoms with van der Waals surface area (Å²) in [5.74, 6) is 0.389. The maximum absolute atomic E-state index is 11.4. The van der Waals surface area contributed by atoms with Gasteiger partial charge in [-0.25, -0.2) is 4.79 Å². The molecule has 1 aromatic rings. The Balaban J connectivity index is 3.26. The molecule has 0 radical (unpaired) electrons. The fourth-order valence-corrected chi connectivity index (χ4v) is 1.86. The van der Waals surface area contributed by atoms with Crippen molar-refractivity contribution in [2.75, 3.05) is 13.7 Å². The van der Waals surface area contributed by atoms with Crippen molar-refractivity contribution in [3.05, 3.63) is 41.5 Å². The maximum atomic E-state index is 11.4. The third-order valence-corrected chi connectivity index (χ3v) is 2.73. The van der Waals surface area contributed by atoms with Gasteiger partial charge in [0.1, 0.15) is 5.75 Å². The van der Waals surface area contributed by atoms with Crippen LogP contribution in [0.15, 0.2) is 24.8 Å². The lowest BCUT2D eigenvalue weighted by Crippen LogP contribution is -2.00. The Hall–Kier alpha value is -2.03. The van der Waals surface area contributed by atoms with Gasteiger partial charge in [0.05, 0.1) is 13.7 Å². The van der Waals surface area contributed by atoms with Crippen molar-refractivity contribution in [3.8, 4) is 5.75 Å². The minimum Gasteiger partial charge on any atom is -0.496 e. The second-order valence-electron chi connectivity index (χ2n) is 4.24. The number of aryl methyl sites for hydroxylation is 1. The molecule has 0 bridgehead atoms. The van der Waals surface area contributed by atoms with Gasteiger partial charge in [-0.05, 0) is 38.0 Å². The van der Waals surface area contributed by atoms with Gasteiger partial charge in [0.15, 0.2) is 0 Å². The van der Waals surface area contributed by atoms with E-state index in [0.717, 1.165) is 28.0 Å². The van der Waals surface area contributed by atoms with Gasteiger partial charge < -0.3 is 9.47 Å². The van der Waals surface area contributed by atoms with Crippen LogP contribution in [0.1, 0.15) is 30.5 Å². The van der Waals surface area contributed by atoms with E-state index in [1.807, 2.05) is 26.0 Å². The van der Waals surface area contributed by atoms with E-state index >= 15 is 0 Å². The Morgan fingerprint density at radius 2 is 2.11 bits per heavy atom. The highest BCUT2D eigenvalue weighted by molar-refractivity contribution is 5.89. The van der Waals surface area contributed by atoms with E-state index < -0.39 is 0 Å². The summed E-state index contributed by atoms with van der Waals surface area (Å²) in [5.41, 5.74) is 3.74. The van der Waals surface area contributed by atoms with Gasteiger partial charge in [-0.1, -0.05) is 24.3 Å². The van der Waals surface area contributed by atoms with Gasteiger partial charge in [-0.15, -0.1) is 0 Å². The second kappa shape index (κ2) is 6.78. The first-order valence-corrected chi connectivity index (χ1v) is 6.19. The van der Waals surface area contributed by atoms with Crippen LogP contribution in [0.3, 0.4) is 0 Å². The first-order valence-electron chi connectivity index (χ1n) is 6.19. The number of ether oxygens (including phenoxy) is 2. The fourth-order valence-electron chi connectivity index (χ4n) is 1.86. The quantitative estimate of drug-likeness (QED) is 0.599. The molecule has 0 N–H and O–H groups in total. The summed E-state index contributed by atoms with van der Waals surface area (Å²) >= 11 is 0. The van der Waals surface area contributed by atoms with Crippen LogP contribution < -0.4 is 4.74 Å². The molecule has 3 heteroatoms. The zero-order valence-electron chi connectivity index (χ0n) is 11.9. The van der Waals surface area contributed by atoms with E-state index in [9.17, 15) is 4.79 Å². The van der Waals surface area contributed by atoms with Crippen molar-refractivity contribution in [2.45, 2.75) is 20.8 Å². The van der Waals surface area contributed by atoms with E-state index in [-0.39, 0.29) is 5.97 Å². The van der Waals surface area contributed by atoms with Crippen molar-refractivity contribution >= 4 is 17.6 Å². The lowest BCUT2D eigenvalue weighted by Gasteiger charge is -2.13. The van der Waals surface area contributed by atoms with Crippen LogP contribution in [0.2, 0.25) is 0 Å². The minimum atomic E-state index is -0.362. The molecule has 19 heavy (non-hydrogen) atoms. The molecule has 0 aliphatic carbocycles. The van der Waals surface area contributed by atoms with E-state index in [1.165, 1.54) is 6.08 Å². The fraction of sp³-hybridized carbons (Fsp3) is 0.312. The van der Waals surface area contributed by atoms with E-state index in [0.29, 0.717) is 6.61 Å². The molecule has 0 spiro atoms. The normalized spacial score (nSPS) is 10.5. The predicted octanol–water partition coefficient (Wildman–Crippen LogP) is 3.61. The summed E-state index contributed by atoms with van der Waals surface area (Å²) in [5, 5.41) is 0. The molecule has 0 aliphatic rings. The summed E-state index contributed by atoms with van der Waals surface area (Å²) in [6, 6.07) is 3.95. The van der Waals surface area contributed by atoms with Gasteiger partial charge in [-0.3, -0.25) is 0 Å². The molecule has 0 saturated carbocycles. The Kier molecular flexibility index (Phi) is 5.37. The molecule has 0 atom stereocenters. The van der Waals surface area contributed by atoms with Crippen LogP contribution in [0.5, 0.6) is 5.75 Å². The molecular formula is C16H20O3. The molecule has 0 heterocycles.